The fourth-order valence-corrected chi connectivity index (χ4v) is 3.93. The molecule has 11 heteroatoms. The summed E-state index contributed by atoms with van der Waals surface area (Å²) in [5, 5.41) is 7.32. The number of thiophene rings is 1. The first-order valence-corrected chi connectivity index (χ1v) is 9.77. The monoisotopic (exact) mass is 424 g/mol. The summed E-state index contributed by atoms with van der Waals surface area (Å²) in [6.45, 7) is 3.52. The molecule has 27 heavy (non-hydrogen) atoms. The van der Waals surface area contributed by atoms with Crippen molar-refractivity contribution in [2.75, 3.05) is 11.9 Å². The van der Waals surface area contributed by atoms with Gasteiger partial charge in [-0.05, 0) is 31.4 Å². The summed E-state index contributed by atoms with van der Waals surface area (Å²) in [5.41, 5.74) is 1.20. The van der Waals surface area contributed by atoms with Crippen LogP contribution in [0.1, 0.15) is 32.8 Å². The van der Waals surface area contributed by atoms with Gasteiger partial charge in [0.25, 0.3) is 11.8 Å². The van der Waals surface area contributed by atoms with Crippen LogP contribution in [0.3, 0.4) is 0 Å². The molecule has 3 heterocycles. The zero-order valence-electron chi connectivity index (χ0n) is 14.2. The van der Waals surface area contributed by atoms with E-state index < -0.39 is 17.9 Å². The van der Waals surface area contributed by atoms with Crippen molar-refractivity contribution in [3.63, 3.8) is 0 Å². The molecule has 3 rings (SSSR count). The van der Waals surface area contributed by atoms with E-state index in [1.54, 1.807) is 25.3 Å². The minimum absolute atomic E-state index is 0.140. The van der Waals surface area contributed by atoms with Crippen LogP contribution in [-0.2, 0) is 4.74 Å². The highest BCUT2D eigenvalue weighted by Crippen LogP contribution is 2.28. The molecule has 8 nitrogen and oxygen atoms in total. The number of anilines is 1. The Balaban J connectivity index is 1.78. The van der Waals surface area contributed by atoms with E-state index in [0.29, 0.717) is 26.1 Å². The van der Waals surface area contributed by atoms with E-state index in [1.165, 1.54) is 6.07 Å². The summed E-state index contributed by atoms with van der Waals surface area (Å²) in [6, 6.07) is 3.20. The molecule has 0 unspecified atom stereocenters. The molecule has 0 saturated carbocycles. The number of aromatic nitrogens is 2. The van der Waals surface area contributed by atoms with E-state index in [-0.39, 0.29) is 17.2 Å². The number of carbonyl (C=O) groups excluding carboxylic acids is 3. The SMILES string of the molecule is CCOC(=O)NC(=O)c1ccsc1NC(=O)c1nc2nc(C)c(Cl)cc2s1. The van der Waals surface area contributed by atoms with Crippen LogP contribution in [0, 0.1) is 6.92 Å². The van der Waals surface area contributed by atoms with Gasteiger partial charge in [0.1, 0.15) is 5.00 Å². The van der Waals surface area contributed by atoms with Gasteiger partial charge in [-0.3, -0.25) is 14.9 Å². The van der Waals surface area contributed by atoms with E-state index in [9.17, 15) is 14.4 Å². The average molecular weight is 425 g/mol. The van der Waals surface area contributed by atoms with Crippen molar-refractivity contribution in [2.45, 2.75) is 13.8 Å². The first-order valence-electron chi connectivity index (χ1n) is 7.69. The lowest BCUT2D eigenvalue weighted by Gasteiger charge is -2.05. The molecular formula is C16H13ClN4O4S2. The smallest absolute Gasteiger partial charge is 0.414 e. The summed E-state index contributed by atoms with van der Waals surface area (Å²) in [7, 11) is 0. The highest BCUT2D eigenvalue weighted by atomic mass is 35.5. The van der Waals surface area contributed by atoms with Crippen LogP contribution in [-0.4, -0.2) is 34.5 Å². The van der Waals surface area contributed by atoms with Gasteiger partial charge in [-0.15, -0.1) is 22.7 Å². The number of alkyl carbamates (subject to hydrolysis) is 1. The van der Waals surface area contributed by atoms with Crippen molar-refractivity contribution in [1.82, 2.24) is 15.3 Å². The lowest BCUT2D eigenvalue weighted by Crippen LogP contribution is -2.31. The first kappa shape index (κ1) is 19.2. The molecule has 0 atom stereocenters. The molecule has 0 aliphatic carbocycles. The molecule has 0 aromatic carbocycles. The van der Waals surface area contributed by atoms with Crippen molar-refractivity contribution < 1.29 is 19.1 Å². The van der Waals surface area contributed by atoms with Gasteiger partial charge < -0.3 is 10.1 Å². The van der Waals surface area contributed by atoms with Gasteiger partial charge in [0, 0.05) is 0 Å². The van der Waals surface area contributed by atoms with Gasteiger partial charge in [0.05, 0.1) is 27.6 Å². The number of pyridine rings is 1. The van der Waals surface area contributed by atoms with Gasteiger partial charge in [0.15, 0.2) is 10.7 Å². The van der Waals surface area contributed by atoms with Crippen LogP contribution in [0.4, 0.5) is 9.80 Å². The van der Waals surface area contributed by atoms with E-state index in [2.05, 4.69) is 25.3 Å². The van der Waals surface area contributed by atoms with Gasteiger partial charge in [-0.2, -0.15) is 0 Å². The predicted octanol–water partition coefficient (Wildman–Crippen LogP) is 3.85. The molecule has 0 aliphatic heterocycles. The third-order valence-corrected chi connectivity index (χ3v) is 5.54. The largest absolute Gasteiger partial charge is 0.450 e. The molecule has 3 aromatic rings. The quantitative estimate of drug-likeness (QED) is 0.658. The lowest BCUT2D eigenvalue weighted by molar-refractivity contribution is 0.0926. The van der Waals surface area contributed by atoms with Crippen molar-refractivity contribution in [1.29, 1.82) is 0 Å². The van der Waals surface area contributed by atoms with Crippen molar-refractivity contribution in [3.05, 3.63) is 38.8 Å². The van der Waals surface area contributed by atoms with Crippen molar-refractivity contribution in [3.8, 4) is 0 Å². The van der Waals surface area contributed by atoms with E-state index in [4.69, 9.17) is 11.6 Å². The summed E-state index contributed by atoms with van der Waals surface area (Å²) >= 11 is 8.34. The number of thiazole rings is 1. The Morgan fingerprint density at radius 1 is 1.26 bits per heavy atom. The minimum atomic E-state index is -0.851. The summed E-state index contributed by atoms with van der Waals surface area (Å²) in [5.74, 6) is -1.15. The number of ether oxygens (including phenoxy) is 1. The molecule has 2 N–H and O–H groups in total. The van der Waals surface area contributed by atoms with Gasteiger partial charge in [-0.1, -0.05) is 11.6 Å². The first-order chi connectivity index (χ1) is 12.9. The fraction of sp³-hybridized carbons (Fsp3) is 0.188. The predicted molar refractivity (Wildman–Crippen MR) is 104 cm³/mol. The lowest BCUT2D eigenvalue weighted by atomic mass is 10.3. The Morgan fingerprint density at radius 3 is 2.78 bits per heavy atom. The second-order valence-corrected chi connectivity index (χ2v) is 7.54. The fourth-order valence-electron chi connectivity index (χ4n) is 2.10. The normalized spacial score (nSPS) is 10.6. The van der Waals surface area contributed by atoms with E-state index in [1.807, 2.05) is 0 Å². The number of rotatable bonds is 4. The highest BCUT2D eigenvalue weighted by Gasteiger charge is 2.20. The van der Waals surface area contributed by atoms with Gasteiger partial charge in [0.2, 0.25) is 0 Å². The topological polar surface area (TPSA) is 110 Å². The molecule has 140 valence electrons. The Hall–Kier alpha value is -2.56. The average Bonchev–Trinajstić information content (AvgIpc) is 3.22. The molecular weight excluding hydrogens is 412 g/mol. The van der Waals surface area contributed by atoms with Crippen LogP contribution in [0.15, 0.2) is 17.5 Å². The zero-order chi connectivity index (χ0) is 19.6. The Labute approximate surface area is 166 Å². The zero-order valence-corrected chi connectivity index (χ0v) is 16.5. The standard InChI is InChI=1S/C16H13ClN4O4S2/c1-3-25-16(24)21-12(22)8-4-5-26-14(8)20-13(23)15-19-11-10(27-15)6-9(17)7(2)18-11/h4-6H,3H2,1-2H3,(H,20,23)(H,21,22,24). The maximum atomic E-state index is 12.5. The second-order valence-electron chi connectivity index (χ2n) is 5.19. The number of hydrogen-bond donors (Lipinski definition) is 2. The third-order valence-electron chi connectivity index (χ3n) is 3.33. The van der Waals surface area contributed by atoms with Gasteiger partial charge >= 0.3 is 6.09 Å². The van der Waals surface area contributed by atoms with Crippen LogP contribution in [0.5, 0.6) is 0 Å². The Kier molecular flexibility index (Phi) is 5.68. The van der Waals surface area contributed by atoms with Crippen LogP contribution in [0.2, 0.25) is 5.02 Å². The molecule has 3 amide bonds. The molecule has 0 saturated heterocycles. The highest BCUT2D eigenvalue weighted by molar-refractivity contribution is 7.20. The number of nitrogens with zero attached hydrogens (tertiary/aromatic N) is 2. The minimum Gasteiger partial charge on any atom is -0.450 e. The number of carbonyl (C=O) groups is 3. The number of hydrogen-bond acceptors (Lipinski definition) is 8. The summed E-state index contributed by atoms with van der Waals surface area (Å²) in [4.78, 5) is 44.5. The number of aryl methyl sites for hydroxylation is 1. The molecule has 0 bridgehead atoms. The second kappa shape index (κ2) is 7.99. The van der Waals surface area contributed by atoms with Crippen LogP contribution >= 0.6 is 34.3 Å². The maximum absolute atomic E-state index is 12.5. The number of fused-ring (bicyclic) bond motifs is 1. The molecule has 0 fully saturated rings. The molecule has 0 spiro atoms. The van der Waals surface area contributed by atoms with E-state index >= 15 is 0 Å². The number of imide groups is 1. The molecule has 0 aliphatic rings. The van der Waals surface area contributed by atoms with Crippen LogP contribution in [0.25, 0.3) is 10.3 Å². The maximum Gasteiger partial charge on any atom is 0.414 e. The summed E-state index contributed by atoms with van der Waals surface area (Å²) < 4.78 is 5.36. The van der Waals surface area contributed by atoms with Crippen LogP contribution < -0.4 is 10.6 Å². The van der Waals surface area contributed by atoms with Crippen molar-refractivity contribution >= 4 is 67.5 Å². The Morgan fingerprint density at radius 2 is 2.04 bits per heavy atom. The Bertz CT molecular complexity index is 1010. The summed E-state index contributed by atoms with van der Waals surface area (Å²) in [6.07, 6.45) is -0.851. The molecule has 3 aromatic heterocycles. The number of nitrogens with one attached hydrogen (secondary N) is 2. The number of amides is 3. The van der Waals surface area contributed by atoms with Gasteiger partial charge in [-0.25, -0.2) is 14.8 Å². The van der Waals surface area contributed by atoms with E-state index in [0.717, 1.165) is 22.7 Å². The number of halogens is 1. The third kappa shape index (κ3) is 4.24. The van der Waals surface area contributed by atoms with Crippen molar-refractivity contribution in [2.24, 2.45) is 0 Å². The molecule has 0 radical (unpaired) electrons.